The summed E-state index contributed by atoms with van der Waals surface area (Å²) in [5, 5.41) is 2.51. The first-order valence-corrected chi connectivity index (χ1v) is 7.09. The summed E-state index contributed by atoms with van der Waals surface area (Å²) in [6.07, 6.45) is 1.32. The van der Waals surface area contributed by atoms with E-state index in [9.17, 15) is 13.6 Å². The van der Waals surface area contributed by atoms with Gasteiger partial charge in [-0.2, -0.15) is 0 Å². The second kappa shape index (κ2) is 7.85. The molecule has 0 spiro atoms. The summed E-state index contributed by atoms with van der Waals surface area (Å²) in [4.78, 5) is 14.0. The maximum Gasteiger partial charge on any atom is 0.225 e. The van der Waals surface area contributed by atoms with Gasteiger partial charge in [0.2, 0.25) is 5.91 Å². The minimum absolute atomic E-state index is 0. The van der Waals surface area contributed by atoms with Gasteiger partial charge in [-0.15, -0.1) is 12.4 Å². The molecule has 1 amide bonds. The number of anilines is 1. The van der Waals surface area contributed by atoms with Crippen molar-refractivity contribution in [3.05, 3.63) is 29.8 Å². The molecule has 1 atom stereocenters. The van der Waals surface area contributed by atoms with E-state index in [1.54, 1.807) is 0 Å². The molecule has 1 heterocycles. The van der Waals surface area contributed by atoms with Gasteiger partial charge in [-0.05, 0) is 37.1 Å². The minimum Gasteiger partial charge on any atom is -0.330 e. The SMILES string of the molecule is CC1(CN)CCN(CCC(=O)Nc2cc(F)cc(F)c2)C1.Cl. The van der Waals surface area contributed by atoms with Crippen molar-refractivity contribution < 1.29 is 13.6 Å². The van der Waals surface area contributed by atoms with Gasteiger partial charge in [-0.25, -0.2) is 8.78 Å². The molecule has 0 aliphatic carbocycles. The Morgan fingerprint density at radius 2 is 2.00 bits per heavy atom. The van der Waals surface area contributed by atoms with Crippen molar-refractivity contribution in [2.24, 2.45) is 11.1 Å². The quantitative estimate of drug-likeness (QED) is 0.870. The Morgan fingerprint density at radius 1 is 1.36 bits per heavy atom. The van der Waals surface area contributed by atoms with Crippen LogP contribution in [0.25, 0.3) is 0 Å². The van der Waals surface area contributed by atoms with Gasteiger partial charge in [0.1, 0.15) is 11.6 Å². The summed E-state index contributed by atoms with van der Waals surface area (Å²) in [5.41, 5.74) is 6.01. The lowest BCUT2D eigenvalue weighted by molar-refractivity contribution is -0.116. The van der Waals surface area contributed by atoms with E-state index in [4.69, 9.17) is 5.73 Å². The van der Waals surface area contributed by atoms with Crippen LogP contribution >= 0.6 is 12.4 Å². The molecule has 2 rings (SSSR count). The lowest BCUT2D eigenvalue weighted by Crippen LogP contribution is -2.32. The average Bonchev–Trinajstić information content (AvgIpc) is 2.78. The molecule has 3 N–H and O–H groups in total. The molecule has 22 heavy (non-hydrogen) atoms. The van der Waals surface area contributed by atoms with E-state index in [1.807, 2.05) is 0 Å². The molecule has 0 saturated carbocycles. The smallest absolute Gasteiger partial charge is 0.225 e. The van der Waals surface area contributed by atoms with E-state index in [-0.39, 0.29) is 29.4 Å². The molecule has 1 aliphatic heterocycles. The van der Waals surface area contributed by atoms with Crippen LogP contribution in [0.2, 0.25) is 0 Å². The van der Waals surface area contributed by atoms with Gasteiger partial charge in [-0.3, -0.25) is 4.79 Å². The summed E-state index contributed by atoms with van der Waals surface area (Å²) in [7, 11) is 0. The molecular weight excluding hydrogens is 312 g/mol. The molecule has 0 bridgehead atoms. The van der Waals surface area contributed by atoms with Crippen LogP contribution in [0.3, 0.4) is 0 Å². The summed E-state index contributed by atoms with van der Waals surface area (Å²) in [6.45, 7) is 5.21. The standard InChI is InChI=1S/C15H21F2N3O.ClH/c1-15(9-18)3-5-20(10-15)4-2-14(21)19-13-7-11(16)6-12(17)8-13;/h6-8H,2-5,9-10,18H2,1H3,(H,19,21);1H. The van der Waals surface area contributed by atoms with Gasteiger partial charge in [-0.1, -0.05) is 6.92 Å². The Bertz CT molecular complexity index is 509. The molecule has 0 aromatic heterocycles. The lowest BCUT2D eigenvalue weighted by Gasteiger charge is -2.22. The van der Waals surface area contributed by atoms with Crippen LogP contribution in [0.5, 0.6) is 0 Å². The fourth-order valence-electron chi connectivity index (χ4n) is 2.59. The zero-order chi connectivity index (χ0) is 15.5. The lowest BCUT2D eigenvalue weighted by atomic mass is 9.90. The van der Waals surface area contributed by atoms with E-state index >= 15 is 0 Å². The monoisotopic (exact) mass is 333 g/mol. The highest BCUT2D eigenvalue weighted by Gasteiger charge is 2.32. The Labute approximate surface area is 135 Å². The largest absolute Gasteiger partial charge is 0.330 e. The first-order chi connectivity index (χ1) is 9.90. The van der Waals surface area contributed by atoms with Crippen LogP contribution in [0, 0.1) is 17.0 Å². The van der Waals surface area contributed by atoms with Crippen LogP contribution < -0.4 is 11.1 Å². The predicted molar refractivity (Wildman–Crippen MR) is 85.1 cm³/mol. The number of carbonyl (C=O) groups excluding carboxylic acids is 1. The van der Waals surface area contributed by atoms with Crippen LogP contribution in [0.1, 0.15) is 19.8 Å². The number of nitrogens with two attached hydrogens (primary N) is 1. The number of benzene rings is 1. The van der Waals surface area contributed by atoms with Crippen LogP contribution in [-0.2, 0) is 4.79 Å². The third kappa shape index (κ3) is 5.19. The number of halogens is 3. The van der Waals surface area contributed by atoms with E-state index in [2.05, 4.69) is 17.1 Å². The molecule has 1 aromatic rings. The molecule has 1 saturated heterocycles. The maximum atomic E-state index is 13.0. The first kappa shape index (κ1) is 18.8. The zero-order valence-electron chi connectivity index (χ0n) is 12.6. The van der Waals surface area contributed by atoms with Gasteiger partial charge in [0.25, 0.3) is 0 Å². The molecule has 0 radical (unpaired) electrons. The van der Waals surface area contributed by atoms with Crippen molar-refractivity contribution in [2.45, 2.75) is 19.8 Å². The van der Waals surface area contributed by atoms with Gasteiger partial charge >= 0.3 is 0 Å². The fraction of sp³-hybridized carbons (Fsp3) is 0.533. The van der Waals surface area contributed by atoms with Crippen molar-refractivity contribution in [1.29, 1.82) is 0 Å². The summed E-state index contributed by atoms with van der Waals surface area (Å²) in [6, 6.07) is 2.97. The maximum absolute atomic E-state index is 13.0. The van der Waals surface area contributed by atoms with E-state index in [0.717, 1.165) is 37.7 Å². The summed E-state index contributed by atoms with van der Waals surface area (Å²) >= 11 is 0. The number of carbonyl (C=O) groups is 1. The van der Waals surface area contributed by atoms with Crippen molar-refractivity contribution in [2.75, 3.05) is 31.5 Å². The Morgan fingerprint density at radius 3 is 2.55 bits per heavy atom. The number of nitrogens with zero attached hydrogens (tertiary/aromatic N) is 1. The highest BCUT2D eigenvalue weighted by Crippen LogP contribution is 2.28. The van der Waals surface area contributed by atoms with E-state index in [0.29, 0.717) is 19.5 Å². The molecule has 4 nitrogen and oxygen atoms in total. The van der Waals surface area contributed by atoms with Gasteiger partial charge in [0, 0.05) is 31.3 Å². The third-order valence-corrected chi connectivity index (χ3v) is 3.93. The Balaban J connectivity index is 0.00000242. The topological polar surface area (TPSA) is 58.4 Å². The molecule has 1 unspecified atom stereocenters. The van der Waals surface area contributed by atoms with Gasteiger partial charge in [0.15, 0.2) is 0 Å². The average molecular weight is 334 g/mol. The normalized spacial score (nSPS) is 21.5. The third-order valence-electron chi connectivity index (χ3n) is 3.93. The first-order valence-electron chi connectivity index (χ1n) is 7.09. The van der Waals surface area contributed by atoms with Crippen molar-refractivity contribution in [1.82, 2.24) is 4.90 Å². The molecule has 7 heteroatoms. The highest BCUT2D eigenvalue weighted by molar-refractivity contribution is 5.90. The number of rotatable bonds is 5. The minimum atomic E-state index is -0.705. The Hall–Kier alpha value is -1.24. The molecular formula is C15H22ClF2N3O. The van der Waals surface area contributed by atoms with Gasteiger partial charge in [0.05, 0.1) is 0 Å². The number of amides is 1. The van der Waals surface area contributed by atoms with Crippen LogP contribution in [0.15, 0.2) is 18.2 Å². The molecule has 1 fully saturated rings. The molecule has 1 aromatic carbocycles. The second-order valence-electron chi connectivity index (χ2n) is 6.00. The highest BCUT2D eigenvalue weighted by atomic mass is 35.5. The summed E-state index contributed by atoms with van der Waals surface area (Å²) in [5.74, 6) is -1.66. The van der Waals surface area contributed by atoms with Crippen molar-refractivity contribution in [3.63, 3.8) is 0 Å². The van der Waals surface area contributed by atoms with Crippen molar-refractivity contribution >= 4 is 24.0 Å². The fourth-order valence-corrected chi connectivity index (χ4v) is 2.59. The number of hydrogen-bond donors (Lipinski definition) is 2. The summed E-state index contributed by atoms with van der Waals surface area (Å²) < 4.78 is 26.0. The predicted octanol–water partition coefficient (Wildman–Crippen LogP) is 2.39. The zero-order valence-corrected chi connectivity index (χ0v) is 13.4. The van der Waals surface area contributed by atoms with E-state index < -0.39 is 11.6 Å². The number of nitrogens with one attached hydrogen (secondary N) is 1. The van der Waals surface area contributed by atoms with Gasteiger partial charge < -0.3 is 16.0 Å². The second-order valence-corrected chi connectivity index (χ2v) is 6.00. The van der Waals surface area contributed by atoms with E-state index in [1.165, 1.54) is 0 Å². The van der Waals surface area contributed by atoms with Crippen molar-refractivity contribution in [3.8, 4) is 0 Å². The molecule has 1 aliphatic rings. The van der Waals surface area contributed by atoms with Crippen LogP contribution in [-0.4, -0.2) is 37.0 Å². The Kier molecular flexibility index (Phi) is 6.71. The van der Waals surface area contributed by atoms with Crippen LogP contribution in [0.4, 0.5) is 14.5 Å². The molecule has 124 valence electrons. The number of hydrogen-bond acceptors (Lipinski definition) is 3. The number of likely N-dealkylation sites (tertiary alicyclic amines) is 1.